The number of hydrogen-bond donors (Lipinski definition) is 4. The fourth-order valence-electron chi connectivity index (χ4n) is 6.40. The van der Waals surface area contributed by atoms with Crippen molar-refractivity contribution in [2.75, 3.05) is 38.2 Å². The van der Waals surface area contributed by atoms with Crippen LogP contribution in [0, 0.1) is 19.8 Å². The summed E-state index contributed by atoms with van der Waals surface area (Å²) in [4.78, 5) is 0. The molecule has 6 nitrogen and oxygen atoms in total. The molecule has 1 aromatic rings. The summed E-state index contributed by atoms with van der Waals surface area (Å²) in [6.07, 6.45) is 10.1. The lowest BCUT2D eigenvalue weighted by atomic mass is 10.0. The number of benzene rings is 1. The molecule has 0 bridgehead atoms. The van der Waals surface area contributed by atoms with Gasteiger partial charge >= 0.3 is 0 Å². The van der Waals surface area contributed by atoms with Crippen LogP contribution in [0.25, 0.3) is 0 Å². The summed E-state index contributed by atoms with van der Waals surface area (Å²) in [7, 11) is 0. The predicted octanol–water partition coefficient (Wildman–Crippen LogP) is 4.55. The molecule has 0 radical (unpaired) electrons. The van der Waals surface area contributed by atoms with E-state index in [1.54, 1.807) is 0 Å². The van der Waals surface area contributed by atoms with Crippen molar-refractivity contribution in [3.05, 3.63) is 29.3 Å². The Labute approximate surface area is 220 Å². The lowest BCUT2D eigenvalue weighted by molar-refractivity contribution is 0.0409. The molecule has 0 saturated carbocycles. The van der Waals surface area contributed by atoms with Gasteiger partial charge < -0.3 is 30.7 Å². The molecule has 0 aliphatic carbocycles. The average molecular weight is 501 g/mol. The van der Waals surface area contributed by atoms with Gasteiger partial charge in [0.25, 0.3) is 0 Å². The first kappa shape index (κ1) is 27.8. The second-order valence-electron chi connectivity index (χ2n) is 12.0. The van der Waals surface area contributed by atoms with Gasteiger partial charge in [0.15, 0.2) is 0 Å². The van der Waals surface area contributed by atoms with Crippen LogP contribution in [0.3, 0.4) is 0 Å². The van der Waals surface area contributed by atoms with E-state index in [1.807, 2.05) is 0 Å². The van der Waals surface area contributed by atoms with Crippen LogP contribution in [-0.2, 0) is 9.47 Å². The fraction of sp³-hybridized carbons (Fsp3) is 0.800. The van der Waals surface area contributed by atoms with Gasteiger partial charge in [0.05, 0.1) is 19.3 Å². The van der Waals surface area contributed by atoms with Crippen molar-refractivity contribution in [2.45, 2.75) is 115 Å². The topological polar surface area (TPSA) is 66.6 Å². The highest BCUT2D eigenvalue weighted by molar-refractivity contribution is 5.56. The van der Waals surface area contributed by atoms with Crippen LogP contribution in [0.2, 0.25) is 0 Å². The van der Waals surface area contributed by atoms with Crippen LogP contribution in [0.5, 0.6) is 0 Å². The highest BCUT2D eigenvalue weighted by Gasteiger charge is 2.28. The second-order valence-corrected chi connectivity index (χ2v) is 12.0. The number of ether oxygens (including phenoxy) is 2. The predicted molar refractivity (Wildman–Crippen MR) is 150 cm³/mol. The Balaban J connectivity index is 1.05. The van der Waals surface area contributed by atoms with E-state index in [-0.39, 0.29) is 0 Å². The Hall–Kier alpha value is -1.18. The number of anilines is 1. The monoisotopic (exact) mass is 500 g/mol. The molecule has 6 heteroatoms. The van der Waals surface area contributed by atoms with Gasteiger partial charge in [0.2, 0.25) is 0 Å². The van der Waals surface area contributed by atoms with Crippen LogP contribution in [0.1, 0.15) is 76.3 Å². The summed E-state index contributed by atoms with van der Waals surface area (Å²) in [5, 5.41) is 14.9. The molecule has 4 unspecified atom stereocenters. The van der Waals surface area contributed by atoms with Crippen molar-refractivity contribution in [3.63, 3.8) is 0 Å². The van der Waals surface area contributed by atoms with Gasteiger partial charge in [-0.25, -0.2) is 0 Å². The largest absolute Gasteiger partial charge is 0.383 e. The van der Waals surface area contributed by atoms with Crippen LogP contribution < -0.4 is 21.3 Å². The zero-order chi connectivity index (χ0) is 25.3. The third-order valence-corrected chi connectivity index (χ3v) is 8.45. The second kappa shape index (κ2) is 14.1. The summed E-state index contributed by atoms with van der Waals surface area (Å²) < 4.78 is 12.3. The molecule has 3 saturated heterocycles. The Kier molecular flexibility index (Phi) is 10.9. The van der Waals surface area contributed by atoms with Gasteiger partial charge in [-0.05, 0) is 95.7 Å². The molecular formula is C30H52N4O2. The Bertz CT molecular complexity index is 764. The first-order valence-corrected chi connectivity index (χ1v) is 14.7. The minimum Gasteiger partial charge on any atom is -0.383 e. The zero-order valence-electron chi connectivity index (χ0n) is 23.3. The van der Waals surface area contributed by atoms with Gasteiger partial charge in [-0.15, -0.1) is 0 Å². The number of hydrogen-bond acceptors (Lipinski definition) is 6. The van der Waals surface area contributed by atoms with Crippen molar-refractivity contribution >= 4 is 5.69 Å². The number of rotatable bonds is 14. The van der Waals surface area contributed by atoms with Gasteiger partial charge in [-0.2, -0.15) is 0 Å². The van der Waals surface area contributed by atoms with Crippen LogP contribution in [0.4, 0.5) is 5.69 Å². The summed E-state index contributed by atoms with van der Waals surface area (Å²) in [6, 6.07) is 9.30. The Morgan fingerprint density at radius 2 is 1.56 bits per heavy atom. The maximum absolute atomic E-state index is 6.31. The van der Waals surface area contributed by atoms with Gasteiger partial charge in [-0.1, -0.05) is 25.1 Å². The molecule has 3 heterocycles. The molecule has 0 aromatic heterocycles. The lowest BCUT2D eigenvalue weighted by Gasteiger charge is -2.22. The fourth-order valence-corrected chi connectivity index (χ4v) is 6.40. The van der Waals surface area contributed by atoms with Crippen LogP contribution in [0.15, 0.2) is 18.2 Å². The molecule has 0 amide bonds. The number of nitrogens with one attached hydrogen (secondary N) is 4. The summed E-state index contributed by atoms with van der Waals surface area (Å²) >= 11 is 0. The molecule has 4 rings (SSSR count). The third kappa shape index (κ3) is 8.70. The maximum Gasteiger partial charge on any atom is 0.0623 e. The van der Waals surface area contributed by atoms with E-state index >= 15 is 0 Å². The molecule has 3 fully saturated rings. The van der Waals surface area contributed by atoms with Crippen molar-refractivity contribution in [1.29, 1.82) is 0 Å². The van der Waals surface area contributed by atoms with Crippen molar-refractivity contribution in [3.8, 4) is 0 Å². The Morgan fingerprint density at radius 3 is 2.31 bits per heavy atom. The van der Waals surface area contributed by atoms with E-state index in [1.165, 1.54) is 61.8 Å². The third-order valence-electron chi connectivity index (χ3n) is 8.45. The van der Waals surface area contributed by atoms with E-state index < -0.39 is 0 Å². The molecular weight excluding hydrogens is 448 g/mol. The van der Waals surface area contributed by atoms with Crippen LogP contribution >= 0.6 is 0 Å². The summed E-state index contributed by atoms with van der Waals surface area (Å²) in [5.74, 6) is 0.605. The lowest BCUT2D eigenvalue weighted by Crippen LogP contribution is -2.38. The molecule has 3 aliphatic rings. The molecule has 7 atom stereocenters. The number of aryl methyl sites for hydroxylation is 2. The van der Waals surface area contributed by atoms with E-state index in [4.69, 9.17) is 9.47 Å². The normalized spacial score (nSPS) is 30.1. The number of para-hydroxylation sites is 1. The van der Waals surface area contributed by atoms with Gasteiger partial charge in [-0.3, -0.25) is 0 Å². The highest BCUT2D eigenvalue weighted by Crippen LogP contribution is 2.23. The maximum atomic E-state index is 6.31. The van der Waals surface area contributed by atoms with E-state index in [0.29, 0.717) is 42.2 Å². The summed E-state index contributed by atoms with van der Waals surface area (Å²) in [5.41, 5.74) is 3.95. The first-order valence-electron chi connectivity index (χ1n) is 14.7. The standard InChI is InChI=1S/C30H52N4O2/c1-21(18-35-19-28-9-6-14-31-28)15-25-11-13-29(34-25)20-36-24(4)16-26-10-12-27(33-26)17-32-30-22(2)7-5-8-23(30)3/h5,7-8,21,24-29,31-34H,6,9-20H2,1-4H3/t21?,24?,25?,26?,27-,28-,29-/m0/s1. The smallest absolute Gasteiger partial charge is 0.0623 e. The van der Waals surface area contributed by atoms with E-state index in [0.717, 1.165) is 39.3 Å². The average Bonchev–Trinajstić information content (AvgIpc) is 3.61. The molecule has 3 aliphatic heterocycles. The van der Waals surface area contributed by atoms with Crippen molar-refractivity contribution < 1.29 is 9.47 Å². The minimum absolute atomic E-state index is 0.296. The van der Waals surface area contributed by atoms with Gasteiger partial charge in [0.1, 0.15) is 0 Å². The van der Waals surface area contributed by atoms with Crippen LogP contribution in [-0.4, -0.2) is 69.2 Å². The van der Waals surface area contributed by atoms with Gasteiger partial charge in [0, 0.05) is 49.0 Å². The van der Waals surface area contributed by atoms with Crippen molar-refractivity contribution in [2.24, 2.45) is 5.92 Å². The Morgan fingerprint density at radius 1 is 0.861 bits per heavy atom. The molecule has 0 spiro atoms. The highest BCUT2D eigenvalue weighted by atomic mass is 16.5. The molecule has 204 valence electrons. The van der Waals surface area contributed by atoms with E-state index in [2.05, 4.69) is 67.2 Å². The molecule has 4 N–H and O–H groups in total. The van der Waals surface area contributed by atoms with Crippen molar-refractivity contribution in [1.82, 2.24) is 16.0 Å². The molecule has 36 heavy (non-hydrogen) atoms. The summed E-state index contributed by atoms with van der Waals surface area (Å²) in [6.45, 7) is 13.7. The molecule has 1 aromatic carbocycles. The SMILES string of the molecule is Cc1cccc(C)c1NC[C@@H]1CCC(CC(C)OC[C@@H]2CCC(CC(C)COC[C@@H]3CCCN3)N2)N1. The quantitative estimate of drug-likeness (QED) is 0.301. The minimum atomic E-state index is 0.296. The first-order chi connectivity index (χ1) is 17.5. The van der Waals surface area contributed by atoms with E-state index in [9.17, 15) is 0 Å². The zero-order valence-corrected chi connectivity index (χ0v) is 23.3.